The summed E-state index contributed by atoms with van der Waals surface area (Å²) in [5.41, 5.74) is 2.05. The number of carbonyl (C=O) groups is 1. The van der Waals surface area contributed by atoms with Crippen LogP contribution in [0, 0.1) is 0 Å². The second kappa shape index (κ2) is 9.12. The summed E-state index contributed by atoms with van der Waals surface area (Å²) >= 11 is 1.63. The number of benzene rings is 1. The third-order valence-electron chi connectivity index (χ3n) is 3.98. The van der Waals surface area contributed by atoms with E-state index in [-0.39, 0.29) is 10.8 Å². The predicted molar refractivity (Wildman–Crippen MR) is 101 cm³/mol. The molecule has 0 aliphatic carbocycles. The summed E-state index contributed by atoms with van der Waals surface area (Å²) in [4.78, 5) is 12.2. The summed E-state index contributed by atoms with van der Waals surface area (Å²) in [5.74, 6) is -0.00830. The Morgan fingerprint density at radius 1 is 1.08 bits per heavy atom. The first-order chi connectivity index (χ1) is 12.0. The van der Waals surface area contributed by atoms with Gasteiger partial charge in [0.25, 0.3) is 0 Å². The van der Waals surface area contributed by atoms with E-state index in [1.54, 1.807) is 35.6 Å². The fourth-order valence-electron chi connectivity index (χ4n) is 2.47. The Bertz CT molecular complexity index is 765. The lowest BCUT2D eigenvalue weighted by molar-refractivity contribution is -0.121. The van der Waals surface area contributed by atoms with Gasteiger partial charge in [0.15, 0.2) is 0 Å². The number of hydrogen-bond donors (Lipinski definition) is 1. The molecule has 1 heterocycles. The number of amides is 1. The minimum absolute atomic E-state index is 0.00830. The molecule has 2 rings (SSSR count). The van der Waals surface area contributed by atoms with Gasteiger partial charge in [-0.15, -0.1) is 0 Å². The van der Waals surface area contributed by atoms with Gasteiger partial charge < -0.3 is 5.32 Å². The lowest BCUT2D eigenvalue weighted by Crippen LogP contribution is -2.30. The molecule has 25 heavy (non-hydrogen) atoms. The van der Waals surface area contributed by atoms with Gasteiger partial charge in [0.2, 0.25) is 15.9 Å². The van der Waals surface area contributed by atoms with Crippen LogP contribution in [0.15, 0.2) is 46.0 Å². The maximum absolute atomic E-state index is 12.4. The van der Waals surface area contributed by atoms with E-state index in [1.165, 1.54) is 9.87 Å². The molecule has 136 valence electrons. The molecule has 0 radical (unpaired) electrons. The third-order valence-corrected chi connectivity index (χ3v) is 6.77. The predicted octanol–water partition coefficient (Wildman–Crippen LogP) is 3.03. The van der Waals surface area contributed by atoms with Gasteiger partial charge in [0.05, 0.1) is 4.90 Å². The summed E-state index contributed by atoms with van der Waals surface area (Å²) < 4.78 is 26.3. The Morgan fingerprint density at radius 2 is 1.76 bits per heavy atom. The highest BCUT2D eigenvalue weighted by atomic mass is 32.2. The second-order valence-corrected chi connectivity index (χ2v) is 8.36. The maximum atomic E-state index is 12.4. The molecule has 2 aromatic rings. The van der Waals surface area contributed by atoms with Crippen molar-refractivity contribution in [2.75, 3.05) is 13.1 Å². The lowest BCUT2D eigenvalue weighted by atomic mass is 10.2. The highest BCUT2D eigenvalue weighted by Gasteiger charge is 2.21. The molecule has 5 nitrogen and oxygen atoms in total. The quantitative estimate of drug-likeness (QED) is 0.727. The summed E-state index contributed by atoms with van der Waals surface area (Å²) in [7, 11) is -3.44. The minimum atomic E-state index is -3.44. The van der Waals surface area contributed by atoms with Crippen molar-refractivity contribution < 1.29 is 13.2 Å². The topological polar surface area (TPSA) is 66.5 Å². The largest absolute Gasteiger partial charge is 0.352 e. The number of nitrogens with zero attached hydrogens (tertiary/aromatic N) is 1. The molecule has 1 N–H and O–H groups in total. The van der Waals surface area contributed by atoms with Crippen LogP contribution in [-0.4, -0.2) is 31.7 Å². The molecule has 0 aliphatic rings. The van der Waals surface area contributed by atoms with Gasteiger partial charge in [-0.2, -0.15) is 15.6 Å². The van der Waals surface area contributed by atoms with Gasteiger partial charge in [-0.3, -0.25) is 4.79 Å². The van der Waals surface area contributed by atoms with E-state index in [0.717, 1.165) is 12.0 Å². The van der Waals surface area contributed by atoms with Crippen LogP contribution in [-0.2, 0) is 27.8 Å². The van der Waals surface area contributed by atoms with Crippen LogP contribution in [0.3, 0.4) is 0 Å². The van der Waals surface area contributed by atoms with Gasteiger partial charge >= 0.3 is 0 Å². The van der Waals surface area contributed by atoms with Crippen LogP contribution in [0.5, 0.6) is 0 Å². The van der Waals surface area contributed by atoms with Gasteiger partial charge in [-0.05, 0) is 46.5 Å². The Balaban J connectivity index is 1.88. The molecular formula is C18H24N2O3S2. The average molecular weight is 381 g/mol. The smallest absolute Gasteiger partial charge is 0.243 e. The monoisotopic (exact) mass is 380 g/mol. The van der Waals surface area contributed by atoms with Crippen LogP contribution >= 0.6 is 11.3 Å². The summed E-state index contributed by atoms with van der Waals surface area (Å²) in [6.45, 7) is 4.93. The normalized spacial score (nSPS) is 11.6. The summed E-state index contributed by atoms with van der Waals surface area (Å²) in [6, 6.07) is 8.71. The van der Waals surface area contributed by atoms with E-state index >= 15 is 0 Å². The molecular weight excluding hydrogens is 356 g/mol. The highest BCUT2D eigenvalue weighted by molar-refractivity contribution is 7.89. The van der Waals surface area contributed by atoms with Crippen LogP contribution in [0.1, 0.15) is 31.4 Å². The first kappa shape index (κ1) is 19.6. The van der Waals surface area contributed by atoms with E-state index in [1.807, 2.05) is 30.7 Å². The number of rotatable bonds is 9. The Hall–Kier alpha value is -1.70. The van der Waals surface area contributed by atoms with E-state index in [0.29, 0.717) is 26.1 Å². The van der Waals surface area contributed by atoms with Crippen LogP contribution < -0.4 is 5.32 Å². The molecule has 7 heteroatoms. The SMILES string of the molecule is CCN(CC)S(=O)(=O)c1ccc(CNC(=O)CCc2ccsc2)cc1. The number of sulfonamides is 1. The van der Waals surface area contributed by atoms with E-state index < -0.39 is 10.0 Å². The first-order valence-corrected chi connectivity index (χ1v) is 10.7. The van der Waals surface area contributed by atoms with Crippen molar-refractivity contribution in [2.24, 2.45) is 0 Å². The molecule has 0 fully saturated rings. The second-order valence-electron chi connectivity index (χ2n) is 5.64. The van der Waals surface area contributed by atoms with Gasteiger partial charge in [0.1, 0.15) is 0 Å². The Morgan fingerprint density at radius 3 is 2.32 bits per heavy atom. The Kier molecular flexibility index (Phi) is 7.16. The zero-order valence-corrected chi connectivity index (χ0v) is 16.2. The average Bonchev–Trinajstić information content (AvgIpc) is 3.13. The molecule has 0 saturated heterocycles. The van der Waals surface area contributed by atoms with E-state index in [4.69, 9.17) is 0 Å². The van der Waals surface area contributed by atoms with Crippen LogP contribution in [0.2, 0.25) is 0 Å². The standard InChI is InChI=1S/C18H24N2O3S2/c1-3-20(4-2)25(22,23)17-8-5-15(6-9-17)13-19-18(21)10-7-16-11-12-24-14-16/h5-6,8-9,11-12,14H,3-4,7,10,13H2,1-2H3,(H,19,21). The molecule has 1 aromatic carbocycles. The molecule has 0 saturated carbocycles. The van der Waals surface area contributed by atoms with Crippen molar-refractivity contribution in [3.63, 3.8) is 0 Å². The van der Waals surface area contributed by atoms with Gasteiger partial charge in [0, 0.05) is 26.1 Å². The molecule has 0 atom stereocenters. The van der Waals surface area contributed by atoms with Crippen LogP contribution in [0.4, 0.5) is 0 Å². The number of hydrogen-bond acceptors (Lipinski definition) is 4. The lowest BCUT2D eigenvalue weighted by Gasteiger charge is -2.18. The fourth-order valence-corrected chi connectivity index (χ4v) is 4.63. The molecule has 0 spiro atoms. The van der Waals surface area contributed by atoms with Crippen molar-refractivity contribution >= 4 is 27.3 Å². The van der Waals surface area contributed by atoms with Gasteiger partial charge in [-0.25, -0.2) is 8.42 Å². The number of nitrogens with one attached hydrogen (secondary N) is 1. The number of carbonyl (C=O) groups excluding carboxylic acids is 1. The Labute approximate surface area is 153 Å². The van der Waals surface area contributed by atoms with Crippen molar-refractivity contribution in [3.05, 3.63) is 52.2 Å². The number of thiophene rings is 1. The third kappa shape index (κ3) is 5.39. The van der Waals surface area contributed by atoms with E-state index in [2.05, 4.69) is 5.32 Å². The van der Waals surface area contributed by atoms with Gasteiger partial charge in [-0.1, -0.05) is 26.0 Å². The van der Waals surface area contributed by atoms with Crippen molar-refractivity contribution in [1.82, 2.24) is 9.62 Å². The zero-order valence-electron chi connectivity index (χ0n) is 14.6. The van der Waals surface area contributed by atoms with Crippen molar-refractivity contribution in [1.29, 1.82) is 0 Å². The molecule has 0 bridgehead atoms. The highest BCUT2D eigenvalue weighted by Crippen LogP contribution is 2.16. The first-order valence-electron chi connectivity index (χ1n) is 8.34. The van der Waals surface area contributed by atoms with E-state index in [9.17, 15) is 13.2 Å². The molecule has 1 amide bonds. The van der Waals surface area contributed by atoms with Crippen molar-refractivity contribution in [3.8, 4) is 0 Å². The maximum Gasteiger partial charge on any atom is 0.243 e. The molecule has 1 aromatic heterocycles. The molecule has 0 unspecified atom stereocenters. The zero-order chi connectivity index (χ0) is 18.3. The minimum Gasteiger partial charge on any atom is -0.352 e. The summed E-state index contributed by atoms with van der Waals surface area (Å²) in [5, 5.41) is 6.91. The van der Waals surface area contributed by atoms with Crippen molar-refractivity contribution in [2.45, 2.75) is 38.1 Å². The van der Waals surface area contributed by atoms with Crippen LogP contribution in [0.25, 0.3) is 0 Å². The fraction of sp³-hybridized carbons (Fsp3) is 0.389. The number of aryl methyl sites for hydroxylation is 1. The summed E-state index contributed by atoms with van der Waals surface area (Å²) in [6.07, 6.45) is 1.18. The molecule has 0 aliphatic heterocycles.